The molecule has 0 spiro atoms. The van der Waals surface area contributed by atoms with Gasteiger partial charge in [-0.15, -0.1) is 0 Å². The minimum atomic E-state index is -0.182. The van der Waals surface area contributed by atoms with Gasteiger partial charge in [-0.25, -0.2) is 4.98 Å². The molecule has 0 aliphatic carbocycles. The van der Waals surface area contributed by atoms with Crippen molar-refractivity contribution >= 4 is 21.8 Å². The van der Waals surface area contributed by atoms with E-state index in [1.165, 1.54) is 5.56 Å². The van der Waals surface area contributed by atoms with Crippen molar-refractivity contribution in [2.45, 2.75) is 19.1 Å². The summed E-state index contributed by atoms with van der Waals surface area (Å²) < 4.78 is 0. The largest absolute Gasteiger partial charge is 0.392 e. The monoisotopic (exact) mass is 368 g/mol. The number of hydrogen-bond acceptors (Lipinski definition) is 4. The maximum atomic E-state index is 9.68. The maximum absolute atomic E-state index is 9.68. The van der Waals surface area contributed by atoms with Gasteiger partial charge in [0.25, 0.3) is 0 Å². The van der Waals surface area contributed by atoms with Crippen molar-refractivity contribution in [2.75, 3.05) is 13.1 Å². The second kappa shape index (κ2) is 6.75. The van der Waals surface area contributed by atoms with Gasteiger partial charge in [-0.2, -0.15) is 5.26 Å². The summed E-state index contributed by atoms with van der Waals surface area (Å²) in [7, 11) is 0. The Bertz CT molecular complexity index is 1200. The third-order valence-electron chi connectivity index (χ3n) is 5.54. The standard InChI is InChI=1S/C23H20N4O/c24-11-18-10-21-20-9-17(5-6-22(20)26-23(21)12-25-18)16-3-1-15(2-4-16)13-27-8-7-19(28)14-27/h1-6,9-10,12,19,26,28H,7-8,13-14H2. The van der Waals surface area contributed by atoms with Gasteiger partial charge in [-0.1, -0.05) is 30.3 Å². The SMILES string of the molecule is N#Cc1cc2c(cn1)[nH]c1ccc(-c3ccc(CN4CCC(O)C4)cc3)cc12. The maximum Gasteiger partial charge on any atom is 0.141 e. The Kier molecular flexibility index (Phi) is 4.09. The number of nitrogens with one attached hydrogen (secondary N) is 1. The van der Waals surface area contributed by atoms with Crippen LogP contribution in [-0.4, -0.2) is 39.2 Å². The van der Waals surface area contributed by atoms with Crippen LogP contribution in [0.25, 0.3) is 32.9 Å². The van der Waals surface area contributed by atoms with Crippen LogP contribution in [0.15, 0.2) is 54.7 Å². The van der Waals surface area contributed by atoms with Crippen LogP contribution in [0.4, 0.5) is 0 Å². The quantitative estimate of drug-likeness (QED) is 0.576. The Balaban J connectivity index is 1.47. The van der Waals surface area contributed by atoms with Gasteiger partial charge in [0.05, 0.1) is 17.8 Å². The van der Waals surface area contributed by atoms with Gasteiger partial charge < -0.3 is 10.1 Å². The van der Waals surface area contributed by atoms with E-state index in [0.29, 0.717) is 5.69 Å². The third kappa shape index (κ3) is 3.03. The lowest BCUT2D eigenvalue weighted by Crippen LogP contribution is -2.21. The molecule has 28 heavy (non-hydrogen) atoms. The number of aromatic nitrogens is 2. The zero-order valence-corrected chi connectivity index (χ0v) is 15.4. The summed E-state index contributed by atoms with van der Waals surface area (Å²) in [5.41, 5.74) is 5.97. The molecule has 4 aromatic rings. The molecule has 0 saturated carbocycles. The highest BCUT2D eigenvalue weighted by Crippen LogP contribution is 2.30. The molecule has 0 bridgehead atoms. The summed E-state index contributed by atoms with van der Waals surface area (Å²) in [4.78, 5) is 9.80. The Labute approximate surface area is 162 Å². The number of H-pyrrole nitrogens is 1. The summed E-state index contributed by atoms with van der Waals surface area (Å²) in [6.07, 6.45) is 2.41. The summed E-state index contributed by atoms with van der Waals surface area (Å²) in [5, 5.41) is 20.9. The van der Waals surface area contributed by atoms with Crippen molar-refractivity contribution in [3.63, 3.8) is 0 Å². The number of nitriles is 1. The highest BCUT2D eigenvalue weighted by molar-refractivity contribution is 6.08. The number of likely N-dealkylation sites (tertiary alicyclic amines) is 1. The average Bonchev–Trinajstić information content (AvgIpc) is 3.30. The van der Waals surface area contributed by atoms with Crippen LogP contribution in [0, 0.1) is 11.3 Å². The number of aliphatic hydroxyl groups is 1. The number of aromatic amines is 1. The smallest absolute Gasteiger partial charge is 0.141 e. The lowest BCUT2D eigenvalue weighted by atomic mass is 10.0. The average molecular weight is 368 g/mol. The summed E-state index contributed by atoms with van der Waals surface area (Å²) in [6, 6.07) is 18.9. The van der Waals surface area contributed by atoms with Gasteiger partial charge in [0.2, 0.25) is 0 Å². The highest BCUT2D eigenvalue weighted by Gasteiger charge is 2.19. The third-order valence-corrected chi connectivity index (χ3v) is 5.54. The molecule has 1 unspecified atom stereocenters. The lowest BCUT2D eigenvalue weighted by Gasteiger charge is -2.15. The van der Waals surface area contributed by atoms with E-state index >= 15 is 0 Å². The zero-order chi connectivity index (χ0) is 19.1. The number of fused-ring (bicyclic) bond motifs is 3. The van der Waals surface area contributed by atoms with Gasteiger partial charge in [-0.3, -0.25) is 4.90 Å². The first kappa shape index (κ1) is 16.9. The van der Waals surface area contributed by atoms with Gasteiger partial charge >= 0.3 is 0 Å². The number of β-amino-alcohol motifs (C(OH)–C–C–N with tert-alkyl or cyclic N) is 1. The number of nitrogens with zero attached hydrogens (tertiary/aromatic N) is 3. The lowest BCUT2D eigenvalue weighted by molar-refractivity contribution is 0.175. The Morgan fingerprint density at radius 1 is 1.07 bits per heavy atom. The summed E-state index contributed by atoms with van der Waals surface area (Å²) in [6.45, 7) is 2.60. The van der Waals surface area contributed by atoms with Crippen LogP contribution in [-0.2, 0) is 6.54 Å². The number of pyridine rings is 1. The molecule has 5 nitrogen and oxygen atoms in total. The van der Waals surface area contributed by atoms with E-state index in [1.807, 2.05) is 6.07 Å². The molecule has 0 amide bonds. The van der Waals surface area contributed by atoms with Crippen LogP contribution in [0.5, 0.6) is 0 Å². The predicted octanol–water partition coefficient (Wildman–Crippen LogP) is 3.82. The molecule has 5 rings (SSSR count). The second-order valence-electron chi connectivity index (χ2n) is 7.49. The molecule has 1 atom stereocenters. The van der Waals surface area contributed by atoms with E-state index in [0.717, 1.165) is 59.0 Å². The van der Waals surface area contributed by atoms with E-state index in [2.05, 4.69) is 63.4 Å². The minimum absolute atomic E-state index is 0.182. The normalized spacial score (nSPS) is 17.4. The van der Waals surface area contributed by atoms with E-state index in [1.54, 1.807) is 6.20 Å². The van der Waals surface area contributed by atoms with Crippen molar-refractivity contribution in [1.82, 2.24) is 14.9 Å². The van der Waals surface area contributed by atoms with Gasteiger partial charge in [0.15, 0.2) is 0 Å². The van der Waals surface area contributed by atoms with Crippen molar-refractivity contribution in [3.8, 4) is 17.2 Å². The van der Waals surface area contributed by atoms with Crippen LogP contribution in [0.1, 0.15) is 17.7 Å². The molecular weight excluding hydrogens is 348 g/mol. The van der Waals surface area contributed by atoms with Gasteiger partial charge in [0.1, 0.15) is 11.8 Å². The van der Waals surface area contributed by atoms with Crippen LogP contribution in [0.2, 0.25) is 0 Å². The van der Waals surface area contributed by atoms with E-state index in [9.17, 15) is 5.11 Å². The number of hydrogen-bond donors (Lipinski definition) is 2. The molecule has 138 valence electrons. The van der Waals surface area contributed by atoms with E-state index < -0.39 is 0 Å². The zero-order valence-electron chi connectivity index (χ0n) is 15.4. The fourth-order valence-corrected chi connectivity index (χ4v) is 4.06. The number of rotatable bonds is 3. The molecule has 5 heteroatoms. The second-order valence-corrected chi connectivity index (χ2v) is 7.49. The molecular formula is C23H20N4O. The van der Waals surface area contributed by atoms with Crippen LogP contribution in [0.3, 0.4) is 0 Å². The molecule has 1 fully saturated rings. The molecule has 2 aromatic carbocycles. The Morgan fingerprint density at radius 3 is 2.61 bits per heavy atom. The summed E-state index contributed by atoms with van der Waals surface area (Å²) in [5.74, 6) is 0. The predicted molar refractivity (Wildman–Crippen MR) is 110 cm³/mol. The first-order valence-electron chi connectivity index (χ1n) is 9.51. The van der Waals surface area contributed by atoms with Gasteiger partial charge in [-0.05, 0) is 41.3 Å². The number of aliphatic hydroxyl groups excluding tert-OH is 1. The molecule has 0 radical (unpaired) electrons. The topological polar surface area (TPSA) is 75.9 Å². The van der Waals surface area contributed by atoms with Gasteiger partial charge in [0, 0.05) is 35.9 Å². The molecule has 2 aromatic heterocycles. The molecule has 3 heterocycles. The molecule has 1 aliphatic heterocycles. The Hall–Kier alpha value is -3.20. The molecule has 1 aliphatic rings. The first-order valence-corrected chi connectivity index (χ1v) is 9.51. The molecule has 2 N–H and O–H groups in total. The Morgan fingerprint density at radius 2 is 1.86 bits per heavy atom. The molecule has 1 saturated heterocycles. The van der Waals surface area contributed by atoms with Crippen LogP contribution >= 0.6 is 0 Å². The minimum Gasteiger partial charge on any atom is -0.392 e. The first-order chi connectivity index (χ1) is 13.7. The van der Waals surface area contributed by atoms with Crippen LogP contribution < -0.4 is 0 Å². The van der Waals surface area contributed by atoms with Crippen molar-refractivity contribution in [3.05, 3.63) is 66.0 Å². The number of benzene rings is 2. The fourth-order valence-electron chi connectivity index (χ4n) is 4.06. The highest BCUT2D eigenvalue weighted by atomic mass is 16.3. The van der Waals surface area contributed by atoms with Crippen molar-refractivity contribution in [1.29, 1.82) is 5.26 Å². The van der Waals surface area contributed by atoms with E-state index in [-0.39, 0.29) is 6.10 Å². The summed E-state index contributed by atoms with van der Waals surface area (Å²) >= 11 is 0. The fraction of sp³-hybridized carbons (Fsp3) is 0.217. The van der Waals surface area contributed by atoms with Crippen molar-refractivity contribution in [2.24, 2.45) is 0 Å². The van der Waals surface area contributed by atoms with Crippen molar-refractivity contribution < 1.29 is 5.11 Å². The van der Waals surface area contributed by atoms with E-state index in [4.69, 9.17) is 5.26 Å².